The standard InChI is InChI=1S/C24H32N6O4S/c1-35(32,33)30-12-9-27(10-13-30)8-11-28-7-3-6-21-22(19-4-2-5-20(31)18-19)25-24(26-23(21)28)29-14-16-34-17-15-29/h2-5,7,18,31H,6,8-17H2,1H3. The van der Waals surface area contributed by atoms with Crippen LogP contribution in [0.2, 0.25) is 0 Å². The van der Waals surface area contributed by atoms with Crippen molar-refractivity contribution in [3.05, 3.63) is 42.1 Å². The van der Waals surface area contributed by atoms with Gasteiger partial charge in [-0.05, 0) is 18.6 Å². The number of rotatable bonds is 6. The van der Waals surface area contributed by atoms with Crippen molar-refractivity contribution in [3.63, 3.8) is 0 Å². The number of fused-ring (bicyclic) bond motifs is 1. The van der Waals surface area contributed by atoms with Crippen LogP contribution in [0.1, 0.15) is 5.56 Å². The molecule has 0 spiro atoms. The molecule has 5 rings (SSSR count). The van der Waals surface area contributed by atoms with Crippen molar-refractivity contribution in [2.45, 2.75) is 6.42 Å². The van der Waals surface area contributed by atoms with Crippen LogP contribution < -0.4 is 9.80 Å². The number of sulfonamides is 1. The zero-order valence-electron chi connectivity index (χ0n) is 20.0. The van der Waals surface area contributed by atoms with E-state index in [-0.39, 0.29) is 5.75 Å². The minimum absolute atomic E-state index is 0.208. The third kappa shape index (κ3) is 5.43. The third-order valence-electron chi connectivity index (χ3n) is 6.72. The van der Waals surface area contributed by atoms with Crippen LogP contribution in [0.5, 0.6) is 5.75 Å². The summed E-state index contributed by atoms with van der Waals surface area (Å²) in [4.78, 5) is 16.6. The Morgan fingerprint density at radius 2 is 1.80 bits per heavy atom. The number of aromatic nitrogens is 2. The molecule has 3 aliphatic rings. The molecule has 0 radical (unpaired) electrons. The van der Waals surface area contributed by atoms with Crippen LogP contribution in [0.25, 0.3) is 11.3 Å². The van der Waals surface area contributed by atoms with Crippen LogP contribution >= 0.6 is 0 Å². The van der Waals surface area contributed by atoms with Gasteiger partial charge in [0, 0.05) is 69.7 Å². The number of phenols is 1. The first-order valence-electron chi connectivity index (χ1n) is 12.0. The summed E-state index contributed by atoms with van der Waals surface area (Å²) in [6.45, 7) is 6.78. The molecule has 0 aliphatic carbocycles. The van der Waals surface area contributed by atoms with Gasteiger partial charge in [0.1, 0.15) is 11.6 Å². The summed E-state index contributed by atoms with van der Waals surface area (Å²) in [5, 5.41) is 10.1. The lowest BCUT2D eigenvalue weighted by Gasteiger charge is -2.35. The van der Waals surface area contributed by atoms with E-state index in [1.807, 2.05) is 12.1 Å². The number of ether oxygens (including phenoxy) is 1. The molecule has 11 heteroatoms. The molecule has 0 atom stereocenters. The van der Waals surface area contributed by atoms with E-state index in [0.717, 1.165) is 61.9 Å². The van der Waals surface area contributed by atoms with Crippen LogP contribution in [0, 0.1) is 0 Å². The Balaban J connectivity index is 1.40. The lowest BCUT2D eigenvalue weighted by atomic mass is 10.0. The molecule has 1 N–H and O–H groups in total. The molecule has 0 unspecified atom stereocenters. The fraction of sp³-hybridized carbons (Fsp3) is 0.500. The zero-order valence-corrected chi connectivity index (χ0v) is 20.8. The highest BCUT2D eigenvalue weighted by atomic mass is 32.2. The molecule has 2 saturated heterocycles. The summed E-state index contributed by atoms with van der Waals surface area (Å²) in [5.74, 6) is 1.77. The smallest absolute Gasteiger partial charge is 0.228 e. The maximum absolute atomic E-state index is 11.8. The lowest BCUT2D eigenvalue weighted by molar-refractivity contribution is 0.122. The lowest BCUT2D eigenvalue weighted by Crippen LogP contribution is -2.49. The topological polar surface area (TPSA) is 102 Å². The van der Waals surface area contributed by atoms with Crippen molar-refractivity contribution in [3.8, 4) is 17.0 Å². The van der Waals surface area contributed by atoms with Gasteiger partial charge in [-0.2, -0.15) is 9.29 Å². The second kappa shape index (κ2) is 10.1. The van der Waals surface area contributed by atoms with Crippen molar-refractivity contribution in [2.24, 2.45) is 0 Å². The van der Waals surface area contributed by atoms with Gasteiger partial charge >= 0.3 is 0 Å². The number of piperazine rings is 1. The molecule has 188 valence electrons. The average molecular weight is 501 g/mol. The molecule has 35 heavy (non-hydrogen) atoms. The Labute approximate surface area is 206 Å². The highest BCUT2D eigenvalue weighted by molar-refractivity contribution is 7.88. The summed E-state index contributed by atoms with van der Waals surface area (Å²) in [7, 11) is -3.14. The summed E-state index contributed by atoms with van der Waals surface area (Å²) in [6.07, 6.45) is 6.19. The van der Waals surface area contributed by atoms with E-state index in [4.69, 9.17) is 14.7 Å². The van der Waals surface area contributed by atoms with Crippen LogP contribution in [0.15, 0.2) is 36.5 Å². The molecule has 0 amide bonds. The number of hydrogen-bond donors (Lipinski definition) is 1. The normalized spacial score (nSPS) is 19.7. The number of aromatic hydroxyl groups is 1. The quantitative estimate of drug-likeness (QED) is 0.626. The summed E-state index contributed by atoms with van der Waals surface area (Å²) in [5.41, 5.74) is 2.74. The monoisotopic (exact) mass is 500 g/mol. The van der Waals surface area contributed by atoms with Gasteiger partial charge in [0.05, 0.1) is 25.2 Å². The van der Waals surface area contributed by atoms with Crippen LogP contribution in [0.3, 0.4) is 0 Å². The van der Waals surface area contributed by atoms with E-state index >= 15 is 0 Å². The second-order valence-corrected chi connectivity index (χ2v) is 11.1. The predicted octanol–water partition coefficient (Wildman–Crippen LogP) is 1.14. The number of benzene rings is 1. The SMILES string of the molecule is CS(=O)(=O)N1CCN(CCN2C=CCc3c(-c4cccc(O)c4)nc(N4CCOCC4)nc32)CC1. The van der Waals surface area contributed by atoms with Gasteiger partial charge in [0.25, 0.3) is 0 Å². The first-order valence-corrected chi connectivity index (χ1v) is 13.9. The van der Waals surface area contributed by atoms with Gasteiger partial charge in [-0.1, -0.05) is 18.2 Å². The second-order valence-electron chi connectivity index (χ2n) is 9.11. The molecular weight excluding hydrogens is 468 g/mol. The van der Waals surface area contributed by atoms with Gasteiger partial charge in [-0.3, -0.25) is 4.90 Å². The highest BCUT2D eigenvalue weighted by Crippen LogP contribution is 2.35. The molecule has 2 aromatic rings. The van der Waals surface area contributed by atoms with E-state index < -0.39 is 10.0 Å². The average Bonchev–Trinajstić information content (AvgIpc) is 2.87. The Bertz CT molecular complexity index is 1190. The van der Waals surface area contributed by atoms with E-state index in [1.165, 1.54) is 6.26 Å². The molecule has 2 fully saturated rings. The zero-order chi connectivity index (χ0) is 24.4. The Kier molecular flexibility index (Phi) is 6.92. The highest BCUT2D eigenvalue weighted by Gasteiger charge is 2.27. The Morgan fingerprint density at radius 1 is 1.03 bits per heavy atom. The van der Waals surface area contributed by atoms with Crippen LogP contribution in [-0.4, -0.2) is 105 Å². The fourth-order valence-electron chi connectivity index (χ4n) is 4.77. The fourth-order valence-corrected chi connectivity index (χ4v) is 5.59. The maximum Gasteiger partial charge on any atom is 0.228 e. The summed E-state index contributed by atoms with van der Waals surface area (Å²) >= 11 is 0. The molecule has 3 aliphatic heterocycles. The van der Waals surface area contributed by atoms with Gasteiger partial charge < -0.3 is 19.6 Å². The minimum Gasteiger partial charge on any atom is -0.508 e. The van der Waals surface area contributed by atoms with Gasteiger partial charge in [-0.25, -0.2) is 13.4 Å². The van der Waals surface area contributed by atoms with Crippen LogP contribution in [0.4, 0.5) is 11.8 Å². The van der Waals surface area contributed by atoms with Crippen molar-refractivity contribution >= 4 is 21.8 Å². The number of phenolic OH excluding ortho intramolecular Hbond substituents is 1. The van der Waals surface area contributed by atoms with Crippen molar-refractivity contribution in [1.82, 2.24) is 19.2 Å². The number of nitrogens with zero attached hydrogens (tertiary/aromatic N) is 6. The Hall–Kier alpha value is -2.73. The number of allylic oxidation sites excluding steroid dienone is 1. The van der Waals surface area contributed by atoms with E-state index in [0.29, 0.717) is 38.7 Å². The number of morpholine rings is 1. The summed E-state index contributed by atoms with van der Waals surface area (Å²) in [6, 6.07) is 7.21. The molecule has 10 nitrogen and oxygen atoms in total. The van der Waals surface area contributed by atoms with E-state index in [9.17, 15) is 13.5 Å². The van der Waals surface area contributed by atoms with Gasteiger partial charge in [0.15, 0.2) is 0 Å². The minimum atomic E-state index is -3.14. The van der Waals surface area contributed by atoms with Crippen molar-refractivity contribution < 1.29 is 18.3 Å². The largest absolute Gasteiger partial charge is 0.508 e. The molecule has 1 aromatic heterocycles. The van der Waals surface area contributed by atoms with Crippen LogP contribution in [-0.2, 0) is 21.2 Å². The first kappa shape index (κ1) is 24.0. The van der Waals surface area contributed by atoms with E-state index in [2.05, 4.69) is 27.0 Å². The molecule has 4 heterocycles. The molecular formula is C24H32N6O4S. The molecule has 0 saturated carbocycles. The van der Waals surface area contributed by atoms with Crippen molar-refractivity contribution in [2.75, 3.05) is 81.6 Å². The van der Waals surface area contributed by atoms with Gasteiger partial charge in [-0.15, -0.1) is 0 Å². The summed E-state index contributed by atoms with van der Waals surface area (Å²) < 4.78 is 30.7. The number of anilines is 2. The van der Waals surface area contributed by atoms with Gasteiger partial charge in [0.2, 0.25) is 16.0 Å². The maximum atomic E-state index is 11.8. The molecule has 0 bridgehead atoms. The first-order chi connectivity index (χ1) is 16.9. The van der Waals surface area contributed by atoms with E-state index in [1.54, 1.807) is 16.4 Å². The predicted molar refractivity (Wildman–Crippen MR) is 135 cm³/mol. The van der Waals surface area contributed by atoms with Crippen molar-refractivity contribution in [1.29, 1.82) is 0 Å². The number of hydrogen-bond acceptors (Lipinski definition) is 9. The molecule has 1 aromatic carbocycles. The Morgan fingerprint density at radius 3 is 2.51 bits per heavy atom. The third-order valence-corrected chi connectivity index (χ3v) is 8.03.